The predicted octanol–water partition coefficient (Wildman–Crippen LogP) is 2.22. The third-order valence-corrected chi connectivity index (χ3v) is 4.50. The summed E-state index contributed by atoms with van der Waals surface area (Å²) in [5.74, 6) is 0.171. The van der Waals surface area contributed by atoms with Crippen molar-refractivity contribution in [2.24, 2.45) is 7.05 Å². The van der Waals surface area contributed by atoms with Crippen LogP contribution in [0.5, 0.6) is 0 Å². The molecule has 1 atom stereocenters. The molecule has 0 bridgehead atoms. The van der Waals surface area contributed by atoms with Crippen molar-refractivity contribution in [2.75, 3.05) is 20.1 Å². The summed E-state index contributed by atoms with van der Waals surface area (Å²) in [5, 5.41) is 4.26. The van der Waals surface area contributed by atoms with Crippen molar-refractivity contribution in [3.63, 3.8) is 0 Å². The van der Waals surface area contributed by atoms with Crippen LogP contribution in [0.25, 0.3) is 0 Å². The highest BCUT2D eigenvalue weighted by molar-refractivity contribution is 5.78. The maximum Gasteiger partial charge on any atom is 0.236 e. The van der Waals surface area contributed by atoms with Crippen molar-refractivity contribution in [1.82, 2.24) is 19.6 Å². The van der Waals surface area contributed by atoms with Crippen molar-refractivity contribution in [2.45, 2.75) is 25.4 Å². The molecule has 0 radical (unpaired) electrons. The van der Waals surface area contributed by atoms with Gasteiger partial charge in [-0.2, -0.15) is 5.10 Å². The number of hydrogen-bond acceptors (Lipinski definition) is 3. The van der Waals surface area contributed by atoms with Crippen LogP contribution in [0.1, 0.15) is 30.0 Å². The second-order valence-electron chi connectivity index (χ2n) is 6.31. The molecule has 0 aliphatic carbocycles. The van der Waals surface area contributed by atoms with E-state index in [0.29, 0.717) is 19.1 Å². The van der Waals surface area contributed by atoms with Gasteiger partial charge in [0, 0.05) is 38.4 Å². The molecule has 0 unspecified atom stereocenters. The van der Waals surface area contributed by atoms with Crippen molar-refractivity contribution in [1.29, 1.82) is 0 Å². The van der Waals surface area contributed by atoms with Crippen molar-refractivity contribution < 1.29 is 4.79 Å². The zero-order chi connectivity index (χ0) is 16.2. The zero-order valence-electron chi connectivity index (χ0n) is 13.9. The average molecular weight is 312 g/mol. The highest BCUT2D eigenvalue weighted by Crippen LogP contribution is 2.31. The molecule has 3 rings (SSSR count). The molecule has 0 saturated carbocycles. The lowest BCUT2D eigenvalue weighted by Crippen LogP contribution is -2.37. The minimum atomic E-state index is 0.171. The molecule has 1 aliphatic heterocycles. The van der Waals surface area contributed by atoms with Crippen LogP contribution >= 0.6 is 0 Å². The van der Waals surface area contributed by atoms with E-state index in [1.54, 1.807) is 0 Å². The number of likely N-dealkylation sites (tertiary alicyclic amines) is 1. The SMILES string of the molecule is CN(Cc1ccccc1)C(=O)CN1CCC[C@@H]1c1cnn(C)c1. The first kappa shape index (κ1) is 15.7. The Balaban J connectivity index is 1.60. The topological polar surface area (TPSA) is 41.4 Å². The van der Waals surface area contributed by atoms with Gasteiger partial charge in [0.1, 0.15) is 0 Å². The number of rotatable bonds is 5. The maximum absolute atomic E-state index is 12.5. The van der Waals surface area contributed by atoms with E-state index in [2.05, 4.69) is 28.3 Å². The molecule has 2 aromatic rings. The van der Waals surface area contributed by atoms with Gasteiger partial charge in [0.15, 0.2) is 0 Å². The Morgan fingerprint density at radius 2 is 2.13 bits per heavy atom. The Morgan fingerprint density at radius 1 is 1.35 bits per heavy atom. The van der Waals surface area contributed by atoms with Gasteiger partial charge in [-0.05, 0) is 24.9 Å². The molecule has 2 heterocycles. The minimum Gasteiger partial charge on any atom is -0.340 e. The summed E-state index contributed by atoms with van der Waals surface area (Å²) in [5.41, 5.74) is 2.37. The first-order chi connectivity index (χ1) is 11.1. The van der Waals surface area contributed by atoms with E-state index in [1.807, 2.05) is 48.1 Å². The van der Waals surface area contributed by atoms with E-state index in [9.17, 15) is 4.79 Å². The van der Waals surface area contributed by atoms with E-state index >= 15 is 0 Å². The van der Waals surface area contributed by atoms with Crippen molar-refractivity contribution in [3.8, 4) is 0 Å². The Morgan fingerprint density at radius 3 is 2.83 bits per heavy atom. The second-order valence-corrected chi connectivity index (χ2v) is 6.31. The fourth-order valence-corrected chi connectivity index (χ4v) is 3.24. The number of hydrogen-bond donors (Lipinski definition) is 0. The van der Waals surface area contributed by atoms with Crippen LogP contribution in [-0.2, 0) is 18.4 Å². The number of aryl methyl sites for hydroxylation is 1. The average Bonchev–Trinajstić information content (AvgIpc) is 3.17. The summed E-state index contributed by atoms with van der Waals surface area (Å²) in [4.78, 5) is 16.6. The molecule has 5 nitrogen and oxygen atoms in total. The largest absolute Gasteiger partial charge is 0.340 e. The maximum atomic E-state index is 12.5. The van der Waals surface area contributed by atoms with Crippen LogP contribution in [0, 0.1) is 0 Å². The van der Waals surface area contributed by atoms with Gasteiger partial charge in [-0.25, -0.2) is 0 Å². The number of likely N-dealkylation sites (N-methyl/N-ethyl adjacent to an activating group) is 1. The third kappa shape index (κ3) is 3.79. The molecule has 1 fully saturated rings. The quantitative estimate of drug-likeness (QED) is 0.850. The van der Waals surface area contributed by atoms with Crippen LogP contribution in [0.2, 0.25) is 0 Å². The molecular formula is C18H24N4O. The molecule has 1 saturated heterocycles. The van der Waals surface area contributed by atoms with E-state index < -0.39 is 0 Å². The number of amides is 1. The number of aromatic nitrogens is 2. The van der Waals surface area contributed by atoms with Gasteiger partial charge in [0.05, 0.1) is 12.7 Å². The fourth-order valence-electron chi connectivity index (χ4n) is 3.24. The molecule has 1 aromatic heterocycles. The summed E-state index contributed by atoms with van der Waals surface area (Å²) < 4.78 is 1.83. The van der Waals surface area contributed by atoms with Crippen LogP contribution < -0.4 is 0 Å². The van der Waals surface area contributed by atoms with Crippen LogP contribution in [-0.4, -0.2) is 45.6 Å². The number of carbonyl (C=O) groups is 1. The summed E-state index contributed by atoms with van der Waals surface area (Å²) in [6.07, 6.45) is 6.21. The fraction of sp³-hybridized carbons (Fsp3) is 0.444. The number of nitrogens with zero attached hydrogens (tertiary/aromatic N) is 4. The molecule has 122 valence electrons. The molecule has 23 heavy (non-hydrogen) atoms. The lowest BCUT2D eigenvalue weighted by atomic mass is 10.1. The molecule has 0 N–H and O–H groups in total. The smallest absolute Gasteiger partial charge is 0.236 e. The molecule has 5 heteroatoms. The van der Waals surface area contributed by atoms with Gasteiger partial charge < -0.3 is 4.90 Å². The minimum absolute atomic E-state index is 0.171. The van der Waals surface area contributed by atoms with Gasteiger partial charge >= 0.3 is 0 Å². The number of carbonyl (C=O) groups excluding carboxylic acids is 1. The van der Waals surface area contributed by atoms with Gasteiger partial charge in [-0.3, -0.25) is 14.4 Å². The Hall–Kier alpha value is -2.14. The summed E-state index contributed by atoms with van der Waals surface area (Å²) in [7, 11) is 3.81. The first-order valence-corrected chi connectivity index (χ1v) is 8.14. The highest BCUT2D eigenvalue weighted by atomic mass is 16.2. The molecule has 1 aromatic carbocycles. The van der Waals surface area contributed by atoms with E-state index in [1.165, 1.54) is 5.56 Å². The standard InChI is InChI=1S/C18H24N4O/c1-20(12-15-7-4-3-5-8-15)18(23)14-22-10-6-9-17(22)16-11-19-21(2)13-16/h3-5,7-8,11,13,17H,6,9-10,12,14H2,1-2H3/t17-/m1/s1. The number of benzene rings is 1. The zero-order valence-corrected chi connectivity index (χ0v) is 13.9. The lowest BCUT2D eigenvalue weighted by molar-refractivity contribution is -0.131. The Kier molecular flexibility index (Phi) is 4.76. The van der Waals surface area contributed by atoms with Crippen molar-refractivity contribution in [3.05, 3.63) is 53.9 Å². The highest BCUT2D eigenvalue weighted by Gasteiger charge is 2.29. The van der Waals surface area contributed by atoms with Gasteiger partial charge in [-0.1, -0.05) is 30.3 Å². The summed E-state index contributed by atoms with van der Waals surface area (Å²) in [6, 6.07) is 10.4. The molecule has 0 spiro atoms. The molecular weight excluding hydrogens is 288 g/mol. The predicted molar refractivity (Wildman–Crippen MR) is 89.7 cm³/mol. The summed E-state index contributed by atoms with van der Waals surface area (Å²) >= 11 is 0. The van der Waals surface area contributed by atoms with Gasteiger partial charge in [-0.15, -0.1) is 0 Å². The second kappa shape index (κ2) is 6.96. The normalized spacial score (nSPS) is 18.3. The van der Waals surface area contributed by atoms with E-state index in [0.717, 1.165) is 24.9 Å². The first-order valence-electron chi connectivity index (χ1n) is 8.14. The van der Waals surface area contributed by atoms with E-state index in [-0.39, 0.29) is 5.91 Å². The van der Waals surface area contributed by atoms with Crippen LogP contribution in [0.15, 0.2) is 42.7 Å². The third-order valence-electron chi connectivity index (χ3n) is 4.50. The monoisotopic (exact) mass is 312 g/mol. The van der Waals surface area contributed by atoms with Gasteiger partial charge in [0.2, 0.25) is 5.91 Å². The van der Waals surface area contributed by atoms with E-state index in [4.69, 9.17) is 0 Å². The van der Waals surface area contributed by atoms with Gasteiger partial charge in [0.25, 0.3) is 0 Å². The molecule has 1 aliphatic rings. The summed E-state index contributed by atoms with van der Waals surface area (Å²) in [6.45, 7) is 2.11. The Labute approximate surface area is 137 Å². The molecule has 1 amide bonds. The van der Waals surface area contributed by atoms with Crippen LogP contribution in [0.3, 0.4) is 0 Å². The lowest BCUT2D eigenvalue weighted by Gasteiger charge is -2.26. The van der Waals surface area contributed by atoms with Crippen molar-refractivity contribution >= 4 is 5.91 Å². The Bertz CT molecular complexity index is 652. The van der Waals surface area contributed by atoms with Crippen LogP contribution in [0.4, 0.5) is 0 Å².